The Morgan fingerprint density at radius 3 is 2.76 bits per heavy atom. The first-order valence-corrected chi connectivity index (χ1v) is 6.83. The minimum atomic E-state index is 0.670. The zero-order valence-electron chi connectivity index (χ0n) is 10.5. The van der Waals surface area contributed by atoms with Gasteiger partial charge in [-0.05, 0) is 41.5 Å². The minimum Gasteiger partial charge on any atom is -0.397 e. The molecule has 0 atom stereocenters. The lowest BCUT2D eigenvalue weighted by molar-refractivity contribution is 0.300. The highest BCUT2D eigenvalue weighted by Crippen LogP contribution is 2.21. The first kappa shape index (κ1) is 14.3. The lowest BCUT2D eigenvalue weighted by atomic mass is 10.4. The molecule has 1 aromatic rings. The fourth-order valence-corrected chi connectivity index (χ4v) is 2.17. The van der Waals surface area contributed by atoms with Crippen molar-refractivity contribution in [1.82, 2.24) is 9.88 Å². The van der Waals surface area contributed by atoms with Gasteiger partial charge in [-0.3, -0.25) is 0 Å². The maximum atomic E-state index is 5.64. The van der Waals surface area contributed by atoms with Crippen LogP contribution in [0.3, 0.4) is 0 Å². The fraction of sp³-hybridized carbons (Fsp3) is 0.583. The molecule has 0 saturated heterocycles. The van der Waals surface area contributed by atoms with Crippen LogP contribution in [-0.2, 0) is 0 Å². The van der Waals surface area contributed by atoms with Crippen molar-refractivity contribution in [3.8, 4) is 0 Å². The number of pyridine rings is 1. The molecule has 0 bridgehead atoms. The standard InChI is InChI=1S/C12H21BrN4/c1-3-6-17(4-2)7-5-15-12-11(13)8-10(14)9-16-12/h8-9H,3-7,14H2,1-2H3,(H,15,16). The Morgan fingerprint density at radius 1 is 1.41 bits per heavy atom. The highest BCUT2D eigenvalue weighted by atomic mass is 79.9. The van der Waals surface area contributed by atoms with Gasteiger partial charge < -0.3 is 16.0 Å². The second-order valence-electron chi connectivity index (χ2n) is 3.96. The number of hydrogen-bond donors (Lipinski definition) is 2. The van der Waals surface area contributed by atoms with E-state index < -0.39 is 0 Å². The van der Waals surface area contributed by atoms with Crippen molar-refractivity contribution < 1.29 is 0 Å². The first-order chi connectivity index (χ1) is 8.17. The van der Waals surface area contributed by atoms with Crippen LogP contribution in [0.25, 0.3) is 0 Å². The van der Waals surface area contributed by atoms with Crippen LogP contribution in [0.5, 0.6) is 0 Å². The van der Waals surface area contributed by atoms with Crippen LogP contribution in [0.15, 0.2) is 16.7 Å². The van der Waals surface area contributed by atoms with Gasteiger partial charge in [0.1, 0.15) is 5.82 Å². The van der Waals surface area contributed by atoms with E-state index in [0.29, 0.717) is 5.69 Å². The molecule has 1 aromatic heterocycles. The van der Waals surface area contributed by atoms with Crippen LogP contribution in [0.4, 0.5) is 11.5 Å². The molecular formula is C12H21BrN4. The van der Waals surface area contributed by atoms with E-state index in [1.165, 1.54) is 6.42 Å². The largest absolute Gasteiger partial charge is 0.397 e. The molecule has 0 radical (unpaired) electrons. The van der Waals surface area contributed by atoms with Gasteiger partial charge >= 0.3 is 0 Å². The molecule has 0 fully saturated rings. The summed E-state index contributed by atoms with van der Waals surface area (Å²) >= 11 is 3.44. The summed E-state index contributed by atoms with van der Waals surface area (Å²) in [5.74, 6) is 0.853. The lowest BCUT2D eigenvalue weighted by Gasteiger charge is -2.19. The van der Waals surface area contributed by atoms with Gasteiger partial charge in [0.05, 0.1) is 16.4 Å². The van der Waals surface area contributed by atoms with Gasteiger partial charge in [0.15, 0.2) is 0 Å². The number of rotatable bonds is 7. The van der Waals surface area contributed by atoms with E-state index in [9.17, 15) is 0 Å². The zero-order chi connectivity index (χ0) is 12.7. The van der Waals surface area contributed by atoms with Crippen LogP contribution in [0.2, 0.25) is 0 Å². The molecule has 0 aliphatic rings. The Labute approximate surface area is 112 Å². The van der Waals surface area contributed by atoms with E-state index >= 15 is 0 Å². The van der Waals surface area contributed by atoms with Gasteiger partial charge in [0.25, 0.3) is 0 Å². The van der Waals surface area contributed by atoms with Gasteiger partial charge in [-0.2, -0.15) is 0 Å². The molecule has 17 heavy (non-hydrogen) atoms. The van der Waals surface area contributed by atoms with E-state index in [1.54, 1.807) is 6.20 Å². The van der Waals surface area contributed by atoms with Crippen LogP contribution < -0.4 is 11.1 Å². The number of likely N-dealkylation sites (N-methyl/N-ethyl adjacent to an activating group) is 1. The molecule has 1 rings (SSSR count). The number of halogens is 1. The smallest absolute Gasteiger partial charge is 0.140 e. The monoisotopic (exact) mass is 300 g/mol. The molecule has 96 valence electrons. The number of aromatic nitrogens is 1. The Hall–Kier alpha value is -0.810. The highest BCUT2D eigenvalue weighted by Gasteiger charge is 2.03. The summed E-state index contributed by atoms with van der Waals surface area (Å²) < 4.78 is 0.913. The highest BCUT2D eigenvalue weighted by molar-refractivity contribution is 9.10. The van der Waals surface area contributed by atoms with Crippen LogP contribution >= 0.6 is 15.9 Å². The van der Waals surface area contributed by atoms with E-state index in [1.807, 2.05) is 6.07 Å². The van der Waals surface area contributed by atoms with Crippen LogP contribution in [-0.4, -0.2) is 36.1 Å². The molecule has 5 heteroatoms. The molecule has 4 nitrogen and oxygen atoms in total. The van der Waals surface area contributed by atoms with Gasteiger partial charge in [-0.15, -0.1) is 0 Å². The SMILES string of the molecule is CCCN(CC)CCNc1ncc(N)cc1Br. The van der Waals surface area contributed by atoms with E-state index in [-0.39, 0.29) is 0 Å². The minimum absolute atomic E-state index is 0.670. The molecule has 0 unspecified atom stereocenters. The van der Waals surface area contributed by atoms with Gasteiger partial charge in [-0.1, -0.05) is 13.8 Å². The van der Waals surface area contributed by atoms with Gasteiger partial charge in [0, 0.05) is 13.1 Å². The Bertz CT molecular complexity index is 343. The first-order valence-electron chi connectivity index (χ1n) is 6.04. The number of hydrogen-bond acceptors (Lipinski definition) is 4. The molecule has 0 spiro atoms. The Balaban J connectivity index is 2.39. The maximum absolute atomic E-state index is 5.64. The van der Waals surface area contributed by atoms with E-state index in [2.05, 4.69) is 45.0 Å². The lowest BCUT2D eigenvalue weighted by Crippen LogP contribution is -2.29. The number of nitrogens with two attached hydrogens (primary N) is 1. The third-order valence-corrected chi connectivity index (χ3v) is 3.17. The fourth-order valence-electron chi connectivity index (χ4n) is 1.66. The van der Waals surface area contributed by atoms with Crippen molar-refractivity contribution in [3.05, 3.63) is 16.7 Å². The Kier molecular flexibility index (Phi) is 6.29. The predicted octanol–water partition coefficient (Wildman–Crippen LogP) is 2.57. The Morgan fingerprint density at radius 2 is 2.18 bits per heavy atom. The quantitative estimate of drug-likeness (QED) is 0.813. The normalized spacial score (nSPS) is 10.8. The summed E-state index contributed by atoms with van der Waals surface area (Å²) in [5.41, 5.74) is 6.31. The molecule has 1 heterocycles. The van der Waals surface area contributed by atoms with Gasteiger partial charge in [0.2, 0.25) is 0 Å². The van der Waals surface area contributed by atoms with Crippen molar-refractivity contribution in [2.45, 2.75) is 20.3 Å². The number of nitrogen functional groups attached to an aromatic ring is 1. The second kappa shape index (κ2) is 7.50. The zero-order valence-corrected chi connectivity index (χ0v) is 12.1. The van der Waals surface area contributed by atoms with E-state index in [4.69, 9.17) is 5.73 Å². The molecule has 3 N–H and O–H groups in total. The summed E-state index contributed by atoms with van der Waals surface area (Å²) in [7, 11) is 0. The number of anilines is 2. The topological polar surface area (TPSA) is 54.2 Å². The molecule has 0 aliphatic carbocycles. The summed E-state index contributed by atoms with van der Waals surface area (Å²) in [4.78, 5) is 6.66. The average molecular weight is 301 g/mol. The summed E-state index contributed by atoms with van der Waals surface area (Å²) in [6, 6.07) is 1.86. The molecule has 0 saturated carbocycles. The van der Waals surface area contributed by atoms with Gasteiger partial charge in [-0.25, -0.2) is 4.98 Å². The molecule has 0 amide bonds. The third kappa shape index (κ3) is 4.91. The number of nitrogens with zero attached hydrogens (tertiary/aromatic N) is 2. The van der Waals surface area contributed by atoms with Crippen molar-refractivity contribution >= 4 is 27.4 Å². The van der Waals surface area contributed by atoms with E-state index in [0.717, 1.165) is 36.5 Å². The molecule has 0 aliphatic heterocycles. The molecular weight excluding hydrogens is 280 g/mol. The van der Waals surface area contributed by atoms with Crippen molar-refractivity contribution in [1.29, 1.82) is 0 Å². The van der Waals surface area contributed by atoms with Crippen molar-refractivity contribution in [3.63, 3.8) is 0 Å². The third-order valence-electron chi connectivity index (χ3n) is 2.57. The van der Waals surface area contributed by atoms with Crippen LogP contribution in [0.1, 0.15) is 20.3 Å². The molecule has 0 aromatic carbocycles. The summed E-state index contributed by atoms with van der Waals surface area (Å²) in [5, 5.41) is 3.31. The average Bonchev–Trinajstić information content (AvgIpc) is 2.30. The maximum Gasteiger partial charge on any atom is 0.140 e. The predicted molar refractivity (Wildman–Crippen MR) is 77.2 cm³/mol. The van der Waals surface area contributed by atoms with Crippen molar-refractivity contribution in [2.75, 3.05) is 37.2 Å². The summed E-state index contributed by atoms with van der Waals surface area (Å²) in [6.07, 6.45) is 2.86. The number of nitrogens with one attached hydrogen (secondary N) is 1. The van der Waals surface area contributed by atoms with Crippen LogP contribution in [0, 0.1) is 0 Å². The summed E-state index contributed by atoms with van der Waals surface area (Å²) in [6.45, 7) is 8.55. The van der Waals surface area contributed by atoms with Crippen molar-refractivity contribution in [2.24, 2.45) is 0 Å². The second-order valence-corrected chi connectivity index (χ2v) is 4.81.